The first kappa shape index (κ1) is 13.1. The summed E-state index contributed by atoms with van der Waals surface area (Å²) in [5.74, 6) is 0. The first-order valence-corrected chi connectivity index (χ1v) is 5.92. The van der Waals surface area contributed by atoms with Gasteiger partial charge in [0.25, 0.3) is 0 Å². The van der Waals surface area contributed by atoms with Gasteiger partial charge in [0.2, 0.25) is 0 Å². The van der Waals surface area contributed by atoms with E-state index in [9.17, 15) is 0 Å². The summed E-state index contributed by atoms with van der Waals surface area (Å²) in [7, 11) is 2.13. The maximum atomic E-state index is 5.60. The summed E-state index contributed by atoms with van der Waals surface area (Å²) < 4.78 is 0. The topological polar surface area (TPSA) is 29.3 Å². The van der Waals surface area contributed by atoms with Crippen molar-refractivity contribution in [1.29, 1.82) is 0 Å². The van der Waals surface area contributed by atoms with Crippen LogP contribution in [-0.2, 0) is 6.54 Å². The molecule has 1 aromatic rings. The zero-order valence-corrected chi connectivity index (χ0v) is 11.3. The van der Waals surface area contributed by atoms with Crippen molar-refractivity contribution >= 4 is 17.2 Å². The van der Waals surface area contributed by atoms with Crippen LogP contribution >= 0.6 is 12.2 Å². The molecule has 0 fully saturated rings. The van der Waals surface area contributed by atoms with Crippen LogP contribution in [0, 0.1) is 6.92 Å². The van der Waals surface area contributed by atoms with Gasteiger partial charge < -0.3 is 5.73 Å². The Hall–Kier alpha value is -0.930. The minimum atomic E-state index is 0.465. The molecule has 0 heterocycles. The Morgan fingerprint density at radius 1 is 1.44 bits per heavy atom. The monoisotopic (exact) mass is 236 g/mol. The van der Waals surface area contributed by atoms with E-state index in [2.05, 4.69) is 44.9 Å². The fourth-order valence-electron chi connectivity index (χ4n) is 1.48. The minimum Gasteiger partial charge on any atom is -0.389 e. The lowest BCUT2D eigenvalue weighted by Crippen LogP contribution is -2.26. The molecular formula is C13H20N2S. The summed E-state index contributed by atoms with van der Waals surface area (Å²) in [5, 5.41) is 0. The zero-order valence-electron chi connectivity index (χ0n) is 10.4. The fourth-order valence-corrected chi connectivity index (χ4v) is 1.60. The normalized spacial score (nSPS) is 11.1. The summed E-state index contributed by atoms with van der Waals surface area (Å²) in [6.07, 6.45) is 0. The van der Waals surface area contributed by atoms with Gasteiger partial charge >= 0.3 is 0 Å². The first-order chi connectivity index (χ1) is 7.41. The number of thiocarbonyl (C=S) groups is 1. The molecule has 2 N–H and O–H groups in total. The highest BCUT2D eigenvalue weighted by Gasteiger charge is 2.07. The highest BCUT2D eigenvalue weighted by Crippen LogP contribution is 2.14. The second-order valence-electron chi connectivity index (χ2n) is 4.51. The summed E-state index contributed by atoms with van der Waals surface area (Å²) in [4.78, 5) is 2.77. The van der Waals surface area contributed by atoms with Crippen molar-refractivity contribution in [1.82, 2.24) is 4.90 Å². The van der Waals surface area contributed by atoms with E-state index >= 15 is 0 Å². The van der Waals surface area contributed by atoms with E-state index in [0.717, 1.165) is 12.1 Å². The Morgan fingerprint density at radius 3 is 2.50 bits per heavy atom. The van der Waals surface area contributed by atoms with E-state index < -0.39 is 0 Å². The van der Waals surface area contributed by atoms with E-state index in [-0.39, 0.29) is 0 Å². The van der Waals surface area contributed by atoms with E-state index in [0.29, 0.717) is 11.0 Å². The molecule has 0 saturated heterocycles. The van der Waals surface area contributed by atoms with Gasteiger partial charge in [0.15, 0.2) is 0 Å². The molecule has 0 atom stereocenters. The van der Waals surface area contributed by atoms with Crippen LogP contribution in [0.5, 0.6) is 0 Å². The van der Waals surface area contributed by atoms with Gasteiger partial charge in [-0.3, -0.25) is 4.90 Å². The quantitative estimate of drug-likeness (QED) is 0.814. The van der Waals surface area contributed by atoms with Crippen LogP contribution in [0.1, 0.15) is 30.5 Å². The minimum absolute atomic E-state index is 0.465. The number of hydrogen-bond acceptors (Lipinski definition) is 2. The Labute approximate surface area is 103 Å². The third kappa shape index (κ3) is 3.29. The van der Waals surface area contributed by atoms with Crippen molar-refractivity contribution < 1.29 is 0 Å². The van der Waals surface area contributed by atoms with Crippen LogP contribution in [0.3, 0.4) is 0 Å². The van der Waals surface area contributed by atoms with Crippen molar-refractivity contribution in [3.05, 3.63) is 34.9 Å². The number of hydrogen-bond donors (Lipinski definition) is 1. The van der Waals surface area contributed by atoms with Crippen LogP contribution in [-0.4, -0.2) is 23.0 Å². The maximum absolute atomic E-state index is 5.60. The molecule has 0 aromatic heterocycles. The lowest BCUT2D eigenvalue weighted by molar-refractivity contribution is 0.265. The largest absolute Gasteiger partial charge is 0.389 e. The number of rotatable bonds is 4. The lowest BCUT2D eigenvalue weighted by Gasteiger charge is -2.22. The Morgan fingerprint density at radius 2 is 2.06 bits per heavy atom. The molecule has 0 aliphatic rings. The molecule has 88 valence electrons. The average Bonchev–Trinajstić information content (AvgIpc) is 2.20. The molecule has 0 radical (unpaired) electrons. The molecule has 2 nitrogen and oxygen atoms in total. The first-order valence-electron chi connectivity index (χ1n) is 5.51. The SMILES string of the molecule is Cc1cc(C(N)=S)ccc1CN(C)C(C)C. The van der Waals surface area contributed by atoms with Crippen LogP contribution < -0.4 is 5.73 Å². The molecular weight excluding hydrogens is 216 g/mol. The van der Waals surface area contributed by atoms with E-state index in [4.69, 9.17) is 18.0 Å². The standard InChI is InChI=1S/C13H20N2S/c1-9(2)15(4)8-12-6-5-11(13(14)16)7-10(12)3/h5-7,9H,8H2,1-4H3,(H2,14,16). The van der Waals surface area contributed by atoms with Crippen LogP contribution in [0.2, 0.25) is 0 Å². The van der Waals surface area contributed by atoms with Crippen molar-refractivity contribution in [3.8, 4) is 0 Å². The second kappa shape index (κ2) is 5.41. The smallest absolute Gasteiger partial charge is 0.103 e. The molecule has 1 aromatic carbocycles. The molecule has 1 rings (SSSR count). The van der Waals surface area contributed by atoms with Crippen molar-refractivity contribution in [2.75, 3.05) is 7.05 Å². The number of nitrogens with zero attached hydrogens (tertiary/aromatic N) is 1. The van der Waals surface area contributed by atoms with Crippen LogP contribution in [0.15, 0.2) is 18.2 Å². The van der Waals surface area contributed by atoms with Crippen LogP contribution in [0.25, 0.3) is 0 Å². The van der Waals surface area contributed by atoms with Gasteiger partial charge in [0, 0.05) is 18.2 Å². The zero-order chi connectivity index (χ0) is 12.3. The Kier molecular flexibility index (Phi) is 4.44. The Balaban J connectivity index is 2.87. The predicted molar refractivity (Wildman–Crippen MR) is 73.7 cm³/mol. The Bertz CT molecular complexity index is 386. The third-order valence-corrected chi connectivity index (χ3v) is 3.16. The van der Waals surface area contributed by atoms with E-state index in [1.165, 1.54) is 11.1 Å². The fraction of sp³-hybridized carbons (Fsp3) is 0.462. The molecule has 0 aliphatic heterocycles. The second-order valence-corrected chi connectivity index (χ2v) is 4.95. The highest BCUT2D eigenvalue weighted by molar-refractivity contribution is 7.80. The number of benzene rings is 1. The predicted octanol–water partition coefficient (Wildman–Crippen LogP) is 2.47. The van der Waals surface area contributed by atoms with Gasteiger partial charge in [-0.1, -0.05) is 24.4 Å². The molecule has 0 unspecified atom stereocenters. The van der Waals surface area contributed by atoms with Crippen molar-refractivity contribution in [2.45, 2.75) is 33.4 Å². The summed E-state index contributed by atoms with van der Waals surface area (Å²) >= 11 is 4.96. The highest BCUT2D eigenvalue weighted by atomic mass is 32.1. The average molecular weight is 236 g/mol. The van der Waals surface area contributed by atoms with Crippen molar-refractivity contribution in [3.63, 3.8) is 0 Å². The van der Waals surface area contributed by atoms with E-state index in [1.54, 1.807) is 0 Å². The summed E-state index contributed by atoms with van der Waals surface area (Å²) in [6, 6.07) is 6.72. The van der Waals surface area contributed by atoms with Gasteiger partial charge in [-0.05, 0) is 45.0 Å². The number of aryl methyl sites for hydroxylation is 1. The molecule has 0 aliphatic carbocycles. The molecule has 0 amide bonds. The van der Waals surface area contributed by atoms with Gasteiger partial charge in [-0.25, -0.2) is 0 Å². The van der Waals surface area contributed by atoms with Gasteiger partial charge in [-0.2, -0.15) is 0 Å². The summed E-state index contributed by atoms with van der Waals surface area (Å²) in [5.41, 5.74) is 9.13. The molecule has 0 bridgehead atoms. The van der Waals surface area contributed by atoms with E-state index in [1.807, 2.05) is 6.07 Å². The van der Waals surface area contributed by atoms with Gasteiger partial charge in [0.05, 0.1) is 0 Å². The molecule has 0 saturated carbocycles. The van der Waals surface area contributed by atoms with Gasteiger partial charge in [-0.15, -0.1) is 0 Å². The van der Waals surface area contributed by atoms with Crippen LogP contribution in [0.4, 0.5) is 0 Å². The third-order valence-electron chi connectivity index (χ3n) is 2.93. The molecule has 16 heavy (non-hydrogen) atoms. The molecule has 3 heteroatoms. The maximum Gasteiger partial charge on any atom is 0.103 e. The molecule has 0 spiro atoms. The number of nitrogens with two attached hydrogens (primary N) is 1. The lowest BCUT2D eigenvalue weighted by atomic mass is 10.0. The van der Waals surface area contributed by atoms with Crippen molar-refractivity contribution in [2.24, 2.45) is 5.73 Å². The summed E-state index contributed by atoms with van der Waals surface area (Å²) in [6.45, 7) is 7.45. The van der Waals surface area contributed by atoms with Gasteiger partial charge in [0.1, 0.15) is 4.99 Å².